The average molecular weight is 352 g/mol. The van der Waals surface area contributed by atoms with Crippen LogP contribution in [0.4, 0.5) is 0 Å². The molecule has 0 unspecified atom stereocenters. The van der Waals surface area contributed by atoms with Gasteiger partial charge >= 0.3 is 0 Å². The predicted molar refractivity (Wildman–Crippen MR) is 101 cm³/mol. The van der Waals surface area contributed by atoms with Gasteiger partial charge in [-0.1, -0.05) is 24.3 Å². The number of nitrogens with zero attached hydrogens (tertiary/aromatic N) is 1. The number of amides is 1. The normalized spacial score (nSPS) is 11.2. The Morgan fingerprint density at radius 1 is 1.12 bits per heavy atom. The lowest BCUT2D eigenvalue weighted by Crippen LogP contribution is -2.41. The topological polar surface area (TPSA) is 51.2 Å². The highest BCUT2D eigenvalue weighted by atomic mass is 32.1. The van der Waals surface area contributed by atoms with Gasteiger partial charge in [-0.05, 0) is 43.5 Å². The summed E-state index contributed by atoms with van der Waals surface area (Å²) in [6.07, 6.45) is 1.73. The molecule has 0 atom stereocenters. The van der Waals surface area contributed by atoms with Crippen LogP contribution in [0.5, 0.6) is 5.75 Å². The number of aromatic nitrogens is 1. The monoisotopic (exact) mass is 352 g/mol. The Kier molecular flexibility index (Phi) is 4.86. The first-order chi connectivity index (χ1) is 12.0. The molecule has 0 saturated heterocycles. The van der Waals surface area contributed by atoms with Crippen LogP contribution in [0.15, 0.2) is 60.1 Å². The van der Waals surface area contributed by atoms with E-state index < -0.39 is 5.54 Å². The fourth-order valence-corrected chi connectivity index (χ4v) is 3.58. The molecule has 0 radical (unpaired) electrons. The maximum Gasteiger partial charge on any atom is 0.252 e. The molecule has 3 aromatic rings. The van der Waals surface area contributed by atoms with E-state index >= 15 is 0 Å². The number of thiophene rings is 1. The minimum absolute atomic E-state index is 0.137. The molecule has 4 nitrogen and oxygen atoms in total. The van der Waals surface area contributed by atoms with Gasteiger partial charge in [-0.15, -0.1) is 11.3 Å². The van der Waals surface area contributed by atoms with Gasteiger partial charge in [0.2, 0.25) is 0 Å². The van der Waals surface area contributed by atoms with Crippen molar-refractivity contribution in [3.63, 3.8) is 0 Å². The fourth-order valence-electron chi connectivity index (χ4n) is 2.68. The Labute approximate surface area is 151 Å². The summed E-state index contributed by atoms with van der Waals surface area (Å²) in [5, 5.41) is 5.05. The summed E-state index contributed by atoms with van der Waals surface area (Å²) in [6, 6.07) is 15.2. The van der Waals surface area contributed by atoms with Crippen LogP contribution >= 0.6 is 11.3 Å². The second kappa shape index (κ2) is 7.07. The van der Waals surface area contributed by atoms with Gasteiger partial charge in [-0.25, -0.2) is 0 Å². The molecule has 0 bridgehead atoms. The summed E-state index contributed by atoms with van der Waals surface area (Å²) in [4.78, 5) is 18.3. The number of carbonyl (C=O) groups is 1. The van der Waals surface area contributed by atoms with Crippen LogP contribution in [0.25, 0.3) is 10.4 Å². The highest BCUT2D eigenvalue weighted by Gasteiger charge is 2.26. The van der Waals surface area contributed by atoms with Crippen LogP contribution in [-0.4, -0.2) is 18.0 Å². The quantitative estimate of drug-likeness (QED) is 0.736. The third-order valence-electron chi connectivity index (χ3n) is 4.00. The second-order valence-corrected chi connectivity index (χ2v) is 7.07. The molecule has 1 aromatic carbocycles. The van der Waals surface area contributed by atoms with Gasteiger partial charge in [0.15, 0.2) is 0 Å². The second-order valence-electron chi connectivity index (χ2n) is 6.16. The third kappa shape index (κ3) is 3.56. The molecule has 0 aliphatic heterocycles. The standard InChI is InChI=1S/C20H20N2O2S/c1-20(2,17-10-6-7-12-21-17)22-19(23)15-9-5-4-8-14(15)18-16(24-3)11-13-25-18/h4-13H,1-3H3,(H,22,23). The Bertz CT molecular complexity index is 872. The third-order valence-corrected chi connectivity index (χ3v) is 4.93. The summed E-state index contributed by atoms with van der Waals surface area (Å²) in [7, 11) is 1.64. The molecular formula is C20H20N2O2S. The molecule has 25 heavy (non-hydrogen) atoms. The first-order valence-corrected chi connectivity index (χ1v) is 8.86. The van der Waals surface area contributed by atoms with Crippen molar-refractivity contribution in [2.75, 3.05) is 7.11 Å². The van der Waals surface area contributed by atoms with E-state index in [-0.39, 0.29) is 5.91 Å². The van der Waals surface area contributed by atoms with Crippen LogP contribution in [0.3, 0.4) is 0 Å². The lowest BCUT2D eigenvalue weighted by molar-refractivity contribution is 0.0911. The van der Waals surface area contributed by atoms with Crippen molar-refractivity contribution in [2.45, 2.75) is 19.4 Å². The van der Waals surface area contributed by atoms with Crippen molar-refractivity contribution in [3.05, 3.63) is 71.4 Å². The number of pyridine rings is 1. The molecule has 3 rings (SSSR count). The van der Waals surface area contributed by atoms with Gasteiger partial charge in [0.25, 0.3) is 5.91 Å². The van der Waals surface area contributed by atoms with Gasteiger partial charge in [0.05, 0.1) is 23.2 Å². The van der Waals surface area contributed by atoms with E-state index in [1.165, 1.54) is 0 Å². The zero-order valence-electron chi connectivity index (χ0n) is 14.4. The van der Waals surface area contributed by atoms with Crippen molar-refractivity contribution in [1.29, 1.82) is 0 Å². The van der Waals surface area contributed by atoms with Crippen LogP contribution < -0.4 is 10.1 Å². The average Bonchev–Trinajstić information content (AvgIpc) is 3.10. The number of methoxy groups -OCH3 is 1. The molecule has 2 aromatic heterocycles. The van der Waals surface area contributed by atoms with Gasteiger partial charge < -0.3 is 10.1 Å². The van der Waals surface area contributed by atoms with E-state index in [4.69, 9.17) is 4.74 Å². The van der Waals surface area contributed by atoms with E-state index in [9.17, 15) is 4.79 Å². The molecule has 0 aliphatic carbocycles. The molecule has 0 aliphatic rings. The van der Waals surface area contributed by atoms with E-state index in [0.717, 1.165) is 21.9 Å². The summed E-state index contributed by atoms with van der Waals surface area (Å²) in [5.41, 5.74) is 1.72. The maximum absolute atomic E-state index is 13.0. The number of hydrogen-bond acceptors (Lipinski definition) is 4. The first-order valence-electron chi connectivity index (χ1n) is 7.98. The smallest absolute Gasteiger partial charge is 0.252 e. The van der Waals surface area contributed by atoms with Crippen molar-refractivity contribution < 1.29 is 9.53 Å². The molecular weight excluding hydrogens is 332 g/mol. The van der Waals surface area contributed by atoms with Crippen LogP contribution in [-0.2, 0) is 5.54 Å². The lowest BCUT2D eigenvalue weighted by atomic mass is 9.98. The Morgan fingerprint density at radius 3 is 2.60 bits per heavy atom. The zero-order valence-corrected chi connectivity index (χ0v) is 15.3. The molecule has 0 spiro atoms. The summed E-state index contributed by atoms with van der Waals surface area (Å²) >= 11 is 1.56. The minimum Gasteiger partial charge on any atom is -0.495 e. The fraction of sp³-hybridized carbons (Fsp3) is 0.200. The van der Waals surface area contributed by atoms with E-state index in [0.29, 0.717) is 5.56 Å². The number of hydrogen-bond donors (Lipinski definition) is 1. The molecule has 2 heterocycles. The minimum atomic E-state index is -0.578. The van der Waals surface area contributed by atoms with Gasteiger partial charge in [-0.2, -0.15) is 0 Å². The van der Waals surface area contributed by atoms with E-state index in [2.05, 4.69) is 10.3 Å². The van der Waals surface area contributed by atoms with Crippen molar-refractivity contribution in [2.24, 2.45) is 0 Å². The van der Waals surface area contributed by atoms with Crippen LogP contribution in [0.2, 0.25) is 0 Å². The van der Waals surface area contributed by atoms with Crippen molar-refractivity contribution in [3.8, 4) is 16.2 Å². The number of benzene rings is 1. The Hall–Kier alpha value is -2.66. The number of nitrogens with one attached hydrogen (secondary N) is 1. The van der Waals surface area contributed by atoms with E-state index in [1.54, 1.807) is 24.6 Å². The number of ether oxygens (including phenoxy) is 1. The highest BCUT2D eigenvalue weighted by molar-refractivity contribution is 7.14. The van der Waals surface area contributed by atoms with Gasteiger partial charge in [-0.3, -0.25) is 9.78 Å². The number of carbonyl (C=O) groups excluding carboxylic acids is 1. The van der Waals surface area contributed by atoms with Crippen molar-refractivity contribution >= 4 is 17.2 Å². The highest BCUT2D eigenvalue weighted by Crippen LogP contribution is 2.37. The molecule has 1 amide bonds. The van der Waals surface area contributed by atoms with Crippen LogP contribution in [0, 0.1) is 0 Å². The molecule has 0 fully saturated rings. The SMILES string of the molecule is COc1ccsc1-c1ccccc1C(=O)NC(C)(C)c1ccccn1. The summed E-state index contributed by atoms with van der Waals surface area (Å²) in [5.74, 6) is 0.635. The van der Waals surface area contributed by atoms with E-state index in [1.807, 2.05) is 67.8 Å². The molecule has 1 N–H and O–H groups in total. The zero-order chi connectivity index (χ0) is 17.9. The van der Waals surface area contributed by atoms with Crippen LogP contribution in [0.1, 0.15) is 29.9 Å². The Morgan fingerprint density at radius 2 is 1.88 bits per heavy atom. The predicted octanol–water partition coefficient (Wildman–Crippen LogP) is 4.48. The van der Waals surface area contributed by atoms with Gasteiger partial charge in [0, 0.05) is 17.3 Å². The molecule has 128 valence electrons. The summed E-state index contributed by atoms with van der Waals surface area (Å²) < 4.78 is 5.41. The lowest BCUT2D eigenvalue weighted by Gasteiger charge is -2.26. The number of rotatable bonds is 5. The largest absolute Gasteiger partial charge is 0.495 e. The maximum atomic E-state index is 13.0. The van der Waals surface area contributed by atoms with Crippen molar-refractivity contribution in [1.82, 2.24) is 10.3 Å². The Balaban J connectivity index is 1.94. The summed E-state index contributed by atoms with van der Waals surface area (Å²) in [6.45, 7) is 3.89. The molecule has 5 heteroatoms. The van der Waals surface area contributed by atoms with Gasteiger partial charge in [0.1, 0.15) is 5.75 Å². The first kappa shape index (κ1) is 17.2. The molecule has 0 saturated carbocycles.